The van der Waals surface area contributed by atoms with Crippen LogP contribution in [0.2, 0.25) is 0 Å². The number of unbranched alkanes of at least 4 members (excludes halogenated alkanes) is 1. The van der Waals surface area contributed by atoms with Gasteiger partial charge in [0, 0.05) is 19.6 Å². The molecule has 0 saturated carbocycles. The summed E-state index contributed by atoms with van der Waals surface area (Å²) in [5.74, 6) is 0.278. The fourth-order valence-corrected chi connectivity index (χ4v) is 0.824. The number of hydrogen-bond donors (Lipinski definition) is 0. The minimum Gasteiger partial charge on any atom is -0.381 e. The molecule has 0 atom stereocenters. The monoisotopic (exact) mass is 158 g/mol. The van der Waals surface area contributed by atoms with Crippen molar-refractivity contribution in [3.05, 3.63) is 0 Å². The van der Waals surface area contributed by atoms with Gasteiger partial charge in [-0.2, -0.15) is 0 Å². The van der Waals surface area contributed by atoms with Crippen LogP contribution in [0.5, 0.6) is 0 Å². The van der Waals surface area contributed by atoms with E-state index in [1.165, 1.54) is 0 Å². The van der Waals surface area contributed by atoms with Crippen molar-refractivity contribution in [2.75, 3.05) is 13.2 Å². The molecule has 0 aliphatic rings. The highest BCUT2D eigenvalue weighted by Gasteiger charge is 1.92. The van der Waals surface area contributed by atoms with Gasteiger partial charge in [0.1, 0.15) is 5.78 Å². The van der Waals surface area contributed by atoms with Crippen molar-refractivity contribution in [1.29, 1.82) is 0 Å². The van der Waals surface area contributed by atoms with Crippen molar-refractivity contribution >= 4 is 5.78 Å². The molecule has 0 spiro atoms. The molecule has 2 nitrogen and oxygen atoms in total. The Morgan fingerprint density at radius 2 is 2.00 bits per heavy atom. The maximum absolute atomic E-state index is 10.5. The number of ether oxygens (including phenoxy) is 1. The van der Waals surface area contributed by atoms with Gasteiger partial charge in [0.2, 0.25) is 0 Å². The third-order valence-electron chi connectivity index (χ3n) is 1.42. The second-order valence-corrected chi connectivity index (χ2v) is 2.77. The van der Waals surface area contributed by atoms with Crippen LogP contribution in [-0.4, -0.2) is 19.0 Å². The quantitative estimate of drug-likeness (QED) is 0.531. The van der Waals surface area contributed by atoms with Gasteiger partial charge in [-0.15, -0.1) is 0 Å². The molecule has 0 radical (unpaired) electrons. The molecule has 0 unspecified atom stereocenters. The summed E-state index contributed by atoms with van der Waals surface area (Å²) in [6.07, 6.45) is 3.76. The molecule has 0 saturated heterocycles. The summed E-state index contributed by atoms with van der Waals surface area (Å²) in [4.78, 5) is 10.5. The van der Waals surface area contributed by atoms with E-state index < -0.39 is 0 Å². The molecule has 2 heteroatoms. The summed E-state index contributed by atoms with van der Waals surface area (Å²) in [6.45, 7) is 5.38. The topological polar surface area (TPSA) is 26.3 Å². The first-order valence-corrected chi connectivity index (χ1v) is 4.34. The van der Waals surface area contributed by atoms with Crippen LogP contribution in [0.4, 0.5) is 0 Å². The van der Waals surface area contributed by atoms with E-state index in [1.54, 1.807) is 6.92 Å². The van der Waals surface area contributed by atoms with E-state index in [-0.39, 0.29) is 5.78 Å². The van der Waals surface area contributed by atoms with Gasteiger partial charge in [-0.3, -0.25) is 0 Å². The molecule has 0 fully saturated rings. The Bertz CT molecular complexity index is 99.7. The normalized spacial score (nSPS) is 10.0. The Hall–Kier alpha value is -0.370. The third kappa shape index (κ3) is 9.63. The molecule has 11 heavy (non-hydrogen) atoms. The van der Waals surface area contributed by atoms with Crippen molar-refractivity contribution in [3.63, 3.8) is 0 Å². The highest BCUT2D eigenvalue weighted by molar-refractivity contribution is 5.75. The van der Waals surface area contributed by atoms with Crippen LogP contribution in [0.15, 0.2) is 0 Å². The number of hydrogen-bond acceptors (Lipinski definition) is 2. The second-order valence-electron chi connectivity index (χ2n) is 2.77. The predicted octanol–water partition coefficient (Wildman–Crippen LogP) is 2.17. The van der Waals surface area contributed by atoms with Crippen molar-refractivity contribution in [2.45, 2.75) is 39.5 Å². The van der Waals surface area contributed by atoms with Gasteiger partial charge in [0.05, 0.1) is 0 Å². The average Bonchev–Trinajstić information content (AvgIpc) is 1.96. The molecule has 0 aromatic heterocycles. The van der Waals surface area contributed by atoms with Crippen LogP contribution < -0.4 is 0 Å². The van der Waals surface area contributed by atoms with E-state index in [0.29, 0.717) is 6.42 Å². The molecule has 0 aliphatic carbocycles. The standard InChI is InChI=1S/C9H18O2/c1-3-7-11-8-5-4-6-9(2)10/h3-8H2,1-2H3. The first kappa shape index (κ1) is 10.6. The van der Waals surface area contributed by atoms with E-state index in [2.05, 4.69) is 6.92 Å². The lowest BCUT2D eigenvalue weighted by atomic mass is 10.2. The van der Waals surface area contributed by atoms with Crippen molar-refractivity contribution in [3.8, 4) is 0 Å². The highest BCUT2D eigenvalue weighted by Crippen LogP contribution is 1.96. The molecule has 0 aromatic carbocycles. The minimum absolute atomic E-state index is 0.278. The largest absolute Gasteiger partial charge is 0.381 e. The molecule has 0 aromatic rings. The van der Waals surface area contributed by atoms with Gasteiger partial charge >= 0.3 is 0 Å². The summed E-state index contributed by atoms with van der Waals surface area (Å²) < 4.78 is 5.25. The van der Waals surface area contributed by atoms with E-state index in [1.807, 2.05) is 0 Å². The summed E-state index contributed by atoms with van der Waals surface area (Å²) in [5, 5.41) is 0. The van der Waals surface area contributed by atoms with Crippen LogP contribution in [0.3, 0.4) is 0 Å². The van der Waals surface area contributed by atoms with Gasteiger partial charge in [-0.25, -0.2) is 0 Å². The lowest BCUT2D eigenvalue weighted by Gasteiger charge is -2.00. The Kier molecular flexibility index (Phi) is 7.47. The molecule has 66 valence electrons. The molecule has 0 aliphatic heterocycles. The van der Waals surface area contributed by atoms with E-state index >= 15 is 0 Å². The minimum atomic E-state index is 0.278. The van der Waals surface area contributed by atoms with Crippen LogP contribution in [0.25, 0.3) is 0 Å². The van der Waals surface area contributed by atoms with Crippen LogP contribution in [-0.2, 0) is 9.53 Å². The molecular formula is C9H18O2. The zero-order chi connectivity index (χ0) is 8.53. The number of carbonyl (C=O) groups is 1. The Morgan fingerprint density at radius 1 is 1.27 bits per heavy atom. The summed E-state index contributed by atoms with van der Waals surface area (Å²) >= 11 is 0. The number of carbonyl (C=O) groups excluding carboxylic acids is 1. The number of Topliss-reactive ketones (excluding diaryl/α,β-unsaturated/α-hetero) is 1. The molecule has 0 heterocycles. The van der Waals surface area contributed by atoms with Gasteiger partial charge in [0.15, 0.2) is 0 Å². The molecule has 0 rings (SSSR count). The fraction of sp³-hybridized carbons (Fsp3) is 0.889. The number of ketones is 1. The van der Waals surface area contributed by atoms with E-state index in [9.17, 15) is 4.79 Å². The predicted molar refractivity (Wildman–Crippen MR) is 45.6 cm³/mol. The summed E-state index contributed by atoms with van der Waals surface area (Å²) in [7, 11) is 0. The van der Waals surface area contributed by atoms with Crippen LogP contribution in [0, 0.1) is 0 Å². The average molecular weight is 158 g/mol. The zero-order valence-corrected chi connectivity index (χ0v) is 7.56. The first-order valence-electron chi connectivity index (χ1n) is 4.34. The maximum atomic E-state index is 10.5. The maximum Gasteiger partial charge on any atom is 0.129 e. The van der Waals surface area contributed by atoms with Crippen molar-refractivity contribution in [1.82, 2.24) is 0 Å². The van der Waals surface area contributed by atoms with Gasteiger partial charge < -0.3 is 9.53 Å². The Balaban J connectivity index is 2.85. The van der Waals surface area contributed by atoms with Crippen LogP contribution in [0.1, 0.15) is 39.5 Å². The SMILES string of the molecule is CCCOCCCCC(C)=O. The highest BCUT2D eigenvalue weighted by atomic mass is 16.5. The lowest BCUT2D eigenvalue weighted by Crippen LogP contribution is -1.97. The smallest absolute Gasteiger partial charge is 0.129 e. The van der Waals surface area contributed by atoms with Gasteiger partial charge in [0.25, 0.3) is 0 Å². The van der Waals surface area contributed by atoms with Crippen LogP contribution >= 0.6 is 0 Å². The van der Waals surface area contributed by atoms with Crippen molar-refractivity contribution in [2.24, 2.45) is 0 Å². The van der Waals surface area contributed by atoms with E-state index in [4.69, 9.17) is 4.74 Å². The molecule has 0 amide bonds. The van der Waals surface area contributed by atoms with Gasteiger partial charge in [-0.05, 0) is 26.2 Å². The number of rotatable bonds is 7. The van der Waals surface area contributed by atoms with Crippen molar-refractivity contribution < 1.29 is 9.53 Å². The summed E-state index contributed by atoms with van der Waals surface area (Å²) in [5.41, 5.74) is 0. The van der Waals surface area contributed by atoms with Gasteiger partial charge in [-0.1, -0.05) is 6.92 Å². The fourth-order valence-electron chi connectivity index (χ4n) is 0.824. The Labute approximate surface area is 68.9 Å². The zero-order valence-electron chi connectivity index (χ0n) is 7.56. The molecule has 0 N–H and O–H groups in total. The Morgan fingerprint density at radius 3 is 2.55 bits per heavy atom. The first-order chi connectivity index (χ1) is 5.27. The van der Waals surface area contributed by atoms with E-state index in [0.717, 1.165) is 32.5 Å². The summed E-state index contributed by atoms with van der Waals surface area (Å²) in [6, 6.07) is 0. The third-order valence-corrected chi connectivity index (χ3v) is 1.42. The molecular weight excluding hydrogens is 140 g/mol. The lowest BCUT2D eigenvalue weighted by molar-refractivity contribution is -0.117. The molecule has 0 bridgehead atoms. The second kappa shape index (κ2) is 7.73.